The Morgan fingerprint density at radius 3 is 2.21 bits per heavy atom. The lowest BCUT2D eigenvalue weighted by Crippen LogP contribution is -2.57. The molecular formula is C41H52N4O7S. The Hall–Kier alpha value is -4.81. The summed E-state index contributed by atoms with van der Waals surface area (Å²) in [5.74, 6) is -1.43. The highest BCUT2D eigenvalue weighted by Gasteiger charge is 2.32. The summed E-state index contributed by atoms with van der Waals surface area (Å²) in [6, 6.07) is 19.7. The summed E-state index contributed by atoms with van der Waals surface area (Å²) in [4.78, 5) is 59.2. The maximum Gasteiger partial charge on any atom is 0.408 e. The Kier molecular flexibility index (Phi) is 15.8. The van der Waals surface area contributed by atoms with E-state index in [1.165, 1.54) is 11.3 Å². The van der Waals surface area contributed by atoms with Crippen LogP contribution >= 0.6 is 11.3 Å². The van der Waals surface area contributed by atoms with Gasteiger partial charge in [-0.3, -0.25) is 14.4 Å². The highest BCUT2D eigenvalue weighted by Crippen LogP contribution is 2.21. The van der Waals surface area contributed by atoms with Crippen LogP contribution in [0.2, 0.25) is 0 Å². The molecule has 284 valence electrons. The number of amides is 3. The van der Waals surface area contributed by atoms with E-state index in [4.69, 9.17) is 9.47 Å². The van der Waals surface area contributed by atoms with Crippen molar-refractivity contribution in [2.24, 2.45) is 11.8 Å². The van der Waals surface area contributed by atoms with E-state index < -0.39 is 48.1 Å². The predicted molar refractivity (Wildman–Crippen MR) is 206 cm³/mol. The summed E-state index contributed by atoms with van der Waals surface area (Å²) in [5, 5.41) is 21.6. The molecule has 5 atom stereocenters. The molecule has 53 heavy (non-hydrogen) atoms. The molecule has 3 amide bonds. The SMILES string of the molecule is CCC(C)COC(=O)CC(O)C(CC(C)C)NC(=O)[C@H](Cc1scnc1C)NC(=O)[C@H](Cc1cccc2ccccc12)NC(=O)OCc1ccccc1. The van der Waals surface area contributed by atoms with Crippen molar-refractivity contribution >= 4 is 46.0 Å². The molecule has 11 nitrogen and oxygen atoms in total. The summed E-state index contributed by atoms with van der Waals surface area (Å²) in [6.45, 7) is 9.97. The summed E-state index contributed by atoms with van der Waals surface area (Å²) in [7, 11) is 0. The molecule has 0 spiro atoms. The van der Waals surface area contributed by atoms with Gasteiger partial charge in [0, 0.05) is 17.7 Å². The van der Waals surface area contributed by atoms with E-state index in [0.29, 0.717) is 6.42 Å². The summed E-state index contributed by atoms with van der Waals surface area (Å²) in [6.07, 6.45) is -0.821. The van der Waals surface area contributed by atoms with Crippen LogP contribution in [0.1, 0.15) is 68.7 Å². The van der Waals surface area contributed by atoms with Crippen molar-refractivity contribution in [3.8, 4) is 0 Å². The molecule has 0 fully saturated rings. The Morgan fingerprint density at radius 2 is 1.51 bits per heavy atom. The van der Waals surface area contributed by atoms with Gasteiger partial charge in [-0.1, -0.05) is 107 Å². The molecule has 3 unspecified atom stereocenters. The number of aliphatic hydroxyl groups is 1. The van der Waals surface area contributed by atoms with E-state index in [0.717, 1.165) is 38.9 Å². The molecule has 0 aliphatic carbocycles. The number of esters is 1. The number of alkyl carbamates (subject to hydrolysis) is 1. The van der Waals surface area contributed by atoms with Gasteiger partial charge < -0.3 is 30.5 Å². The first-order valence-corrected chi connectivity index (χ1v) is 19.1. The van der Waals surface area contributed by atoms with E-state index in [9.17, 15) is 24.3 Å². The topological polar surface area (TPSA) is 156 Å². The molecule has 0 aliphatic heterocycles. The normalized spacial score (nSPS) is 14.1. The van der Waals surface area contributed by atoms with Crippen molar-refractivity contribution in [1.82, 2.24) is 20.9 Å². The number of aromatic nitrogens is 1. The number of benzene rings is 3. The summed E-state index contributed by atoms with van der Waals surface area (Å²) < 4.78 is 10.9. The van der Waals surface area contributed by atoms with Crippen LogP contribution in [0.3, 0.4) is 0 Å². The lowest BCUT2D eigenvalue weighted by molar-refractivity contribution is -0.148. The molecular weight excluding hydrogens is 693 g/mol. The Bertz CT molecular complexity index is 1790. The highest BCUT2D eigenvalue weighted by molar-refractivity contribution is 7.09. The van der Waals surface area contributed by atoms with Gasteiger partial charge in [-0.15, -0.1) is 11.3 Å². The van der Waals surface area contributed by atoms with Crippen LogP contribution in [0.15, 0.2) is 78.3 Å². The van der Waals surface area contributed by atoms with Crippen LogP contribution in [0, 0.1) is 18.8 Å². The van der Waals surface area contributed by atoms with Gasteiger partial charge in [0.15, 0.2) is 0 Å². The van der Waals surface area contributed by atoms with Gasteiger partial charge in [-0.05, 0) is 47.1 Å². The van der Waals surface area contributed by atoms with Crippen LogP contribution in [0.25, 0.3) is 10.8 Å². The number of nitrogens with zero attached hydrogens (tertiary/aromatic N) is 1. The monoisotopic (exact) mass is 744 g/mol. The maximum absolute atomic E-state index is 14.2. The Morgan fingerprint density at radius 1 is 0.830 bits per heavy atom. The van der Waals surface area contributed by atoms with Gasteiger partial charge in [0.05, 0.1) is 36.4 Å². The first kappa shape index (κ1) is 41.0. The molecule has 1 heterocycles. The van der Waals surface area contributed by atoms with E-state index in [-0.39, 0.29) is 44.3 Å². The molecule has 0 saturated heterocycles. The number of carbonyl (C=O) groups excluding carboxylic acids is 4. The molecule has 0 bridgehead atoms. The molecule has 0 radical (unpaired) electrons. The number of fused-ring (bicyclic) bond motifs is 1. The van der Waals surface area contributed by atoms with Gasteiger partial charge >= 0.3 is 12.1 Å². The third-order valence-electron chi connectivity index (χ3n) is 9.11. The van der Waals surface area contributed by atoms with Gasteiger partial charge in [0.2, 0.25) is 11.8 Å². The lowest BCUT2D eigenvalue weighted by Gasteiger charge is -2.29. The van der Waals surface area contributed by atoms with Crippen LogP contribution in [0.5, 0.6) is 0 Å². The third-order valence-corrected chi connectivity index (χ3v) is 10.1. The summed E-state index contributed by atoms with van der Waals surface area (Å²) in [5.41, 5.74) is 4.01. The largest absolute Gasteiger partial charge is 0.465 e. The molecule has 1 aromatic heterocycles. The number of aliphatic hydroxyl groups excluding tert-OH is 1. The quantitative estimate of drug-likeness (QED) is 0.0848. The van der Waals surface area contributed by atoms with Crippen molar-refractivity contribution in [2.45, 2.75) is 97.6 Å². The van der Waals surface area contributed by atoms with Crippen molar-refractivity contribution in [3.05, 3.63) is 100 Å². The Balaban J connectivity index is 1.57. The minimum atomic E-state index is -1.22. The van der Waals surface area contributed by atoms with E-state index in [1.54, 1.807) is 5.51 Å². The van der Waals surface area contributed by atoms with E-state index in [1.807, 2.05) is 107 Å². The number of ether oxygens (including phenoxy) is 2. The summed E-state index contributed by atoms with van der Waals surface area (Å²) >= 11 is 1.36. The molecule has 12 heteroatoms. The number of aryl methyl sites for hydroxylation is 1. The second-order valence-corrected chi connectivity index (χ2v) is 14.9. The number of hydrogen-bond donors (Lipinski definition) is 4. The fraction of sp³-hybridized carbons (Fsp3) is 0.439. The third kappa shape index (κ3) is 13.0. The smallest absolute Gasteiger partial charge is 0.408 e. The molecule has 4 rings (SSSR count). The van der Waals surface area contributed by atoms with Crippen molar-refractivity contribution in [2.75, 3.05) is 6.61 Å². The van der Waals surface area contributed by atoms with Crippen LogP contribution in [-0.4, -0.2) is 64.8 Å². The molecule has 3 aromatic carbocycles. The van der Waals surface area contributed by atoms with Crippen LogP contribution < -0.4 is 16.0 Å². The number of thiazole rings is 1. The van der Waals surface area contributed by atoms with Gasteiger partial charge in [-0.25, -0.2) is 9.78 Å². The van der Waals surface area contributed by atoms with Crippen LogP contribution in [-0.2, 0) is 43.3 Å². The lowest BCUT2D eigenvalue weighted by atomic mass is 9.96. The Labute approximate surface area is 315 Å². The number of nitrogens with one attached hydrogen (secondary N) is 3. The first-order valence-electron chi connectivity index (χ1n) is 18.2. The highest BCUT2D eigenvalue weighted by atomic mass is 32.1. The second kappa shape index (κ2) is 20.4. The minimum absolute atomic E-state index is 0.00963. The number of rotatable bonds is 19. The zero-order valence-corrected chi connectivity index (χ0v) is 32.0. The van der Waals surface area contributed by atoms with E-state index >= 15 is 0 Å². The predicted octanol–water partition coefficient (Wildman–Crippen LogP) is 6.04. The maximum atomic E-state index is 14.2. The molecule has 0 aliphatic rings. The fourth-order valence-corrected chi connectivity index (χ4v) is 6.65. The van der Waals surface area contributed by atoms with Crippen molar-refractivity contribution in [3.63, 3.8) is 0 Å². The zero-order chi connectivity index (χ0) is 38.3. The average molecular weight is 745 g/mol. The molecule has 4 N–H and O–H groups in total. The zero-order valence-electron chi connectivity index (χ0n) is 31.2. The van der Waals surface area contributed by atoms with Gasteiger partial charge in [0.1, 0.15) is 18.7 Å². The second-order valence-electron chi connectivity index (χ2n) is 13.9. The first-order chi connectivity index (χ1) is 25.4. The molecule has 4 aromatic rings. The fourth-order valence-electron chi connectivity index (χ4n) is 5.82. The standard InChI is InChI=1S/C41H52N4O7S/c1-6-27(4)23-51-38(47)22-36(46)33(19-26(2)3)43-40(49)35(21-37-28(5)42-25-53-37)44-39(48)34(45-41(50)52-24-29-13-8-7-9-14-29)20-31-17-12-16-30-15-10-11-18-32(30)31/h7-18,25-27,33-36,46H,6,19-24H2,1-5H3,(H,43,49)(H,44,48)(H,45,50)/t27?,33?,34-,35-,36?/m0/s1. The number of hydrogen-bond acceptors (Lipinski definition) is 9. The van der Waals surface area contributed by atoms with Gasteiger partial charge in [-0.2, -0.15) is 0 Å². The van der Waals surface area contributed by atoms with Gasteiger partial charge in [0.25, 0.3) is 0 Å². The van der Waals surface area contributed by atoms with Crippen LogP contribution in [0.4, 0.5) is 4.79 Å². The van der Waals surface area contributed by atoms with E-state index in [2.05, 4.69) is 20.9 Å². The molecule has 0 saturated carbocycles. The average Bonchev–Trinajstić information content (AvgIpc) is 3.55. The minimum Gasteiger partial charge on any atom is -0.465 e. The van der Waals surface area contributed by atoms with Crippen molar-refractivity contribution < 1.29 is 33.8 Å². The number of carbonyl (C=O) groups is 4. The van der Waals surface area contributed by atoms with Crippen molar-refractivity contribution in [1.29, 1.82) is 0 Å².